The number of rotatable bonds is 14. The van der Waals surface area contributed by atoms with Gasteiger partial charge in [0.2, 0.25) is 0 Å². The zero-order chi connectivity index (χ0) is 20.6. The van der Waals surface area contributed by atoms with E-state index < -0.39 is 0 Å². The minimum atomic E-state index is 0.464. The topological polar surface area (TPSA) is 75.8 Å². The van der Waals surface area contributed by atoms with Crippen LogP contribution in [0.5, 0.6) is 0 Å². The van der Waals surface area contributed by atoms with Crippen molar-refractivity contribution < 1.29 is 4.84 Å². The van der Waals surface area contributed by atoms with Crippen LogP contribution < -0.4 is 11.1 Å². The summed E-state index contributed by atoms with van der Waals surface area (Å²) < 4.78 is 0. The summed E-state index contributed by atoms with van der Waals surface area (Å²) in [6, 6.07) is 14.2. The number of unbranched alkanes of at least 4 members (excludes halogenated alkanes) is 5. The molecule has 0 saturated carbocycles. The number of nitrogens with one attached hydrogen (secondary N) is 1. The van der Waals surface area contributed by atoms with E-state index in [1.54, 1.807) is 12.4 Å². The standard InChI is InChI=1S/C23H35N5O/c1-2-29-28(20-21-12-8-7-9-13-21)19-11-6-4-3-5-10-16-26-23(24)27-22-14-17-25-18-15-22/h7-9,12-15,17-18H,2-6,10-11,16,19-20H2,1H3,(H3,24,25,26,27). The highest BCUT2D eigenvalue weighted by Crippen LogP contribution is 2.10. The molecule has 1 heterocycles. The van der Waals surface area contributed by atoms with Crippen LogP contribution in [0.2, 0.25) is 0 Å². The maximum absolute atomic E-state index is 5.90. The van der Waals surface area contributed by atoms with Crippen LogP contribution in [0.4, 0.5) is 5.69 Å². The van der Waals surface area contributed by atoms with Crippen molar-refractivity contribution in [3.8, 4) is 0 Å². The van der Waals surface area contributed by atoms with Crippen molar-refractivity contribution in [3.05, 3.63) is 60.4 Å². The van der Waals surface area contributed by atoms with E-state index in [4.69, 9.17) is 10.6 Å². The van der Waals surface area contributed by atoms with Crippen molar-refractivity contribution >= 4 is 11.6 Å². The number of aromatic nitrogens is 1. The molecule has 0 saturated heterocycles. The molecule has 6 nitrogen and oxygen atoms in total. The zero-order valence-corrected chi connectivity index (χ0v) is 17.6. The van der Waals surface area contributed by atoms with Gasteiger partial charge in [-0.25, -0.2) is 0 Å². The average Bonchev–Trinajstić information content (AvgIpc) is 2.74. The first-order valence-electron chi connectivity index (χ1n) is 10.7. The largest absolute Gasteiger partial charge is 0.370 e. The van der Waals surface area contributed by atoms with Gasteiger partial charge >= 0.3 is 0 Å². The van der Waals surface area contributed by atoms with E-state index in [0.717, 1.165) is 38.2 Å². The van der Waals surface area contributed by atoms with Crippen molar-refractivity contribution in [2.75, 3.05) is 25.0 Å². The molecule has 2 aromatic rings. The van der Waals surface area contributed by atoms with Gasteiger partial charge < -0.3 is 11.1 Å². The second-order valence-electron chi connectivity index (χ2n) is 7.02. The molecule has 0 spiro atoms. The lowest BCUT2D eigenvalue weighted by Crippen LogP contribution is -2.24. The first-order valence-corrected chi connectivity index (χ1v) is 10.7. The van der Waals surface area contributed by atoms with Crippen LogP contribution in [-0.2, 0) is 11.4 Å². The molecule has 6 heteroatoms. The lowest BCUT2D eigenvalue weighted by Gasteiger charge is -2.21. The molecule has 1 aromatic heterocycles. The molecule has 1 aromatic carbocycles. The predicted molar refractivity (Wildman–Crippen MR) is 121 cm³/mol. The quantitative estimate of drug-likeness (QED) is 0.211. The smallest absolute Gasteiger partial charge is 0.193 e. The molecule has 2 rings (SSSR count). The Balaban J connectivity index is 1.50. The van der Waals surface area contributed by atoms with Gasteiger partial charge in [0.25, 0.3) is 0 Å². The third-order valence-electron chi connectivity index (χ3n) is 4.56. The number of guanidine groups is 1. The molecule has 0 aliphatic rings. The number of hydroxylamine groups is 2. The van der Waals surface area contributed by atoms with Crippen molar-refractivity contribution in [2.45, 2.75) is 52.0 Å². The average molecular weight is 398 g/mol. The lowest BCUT2D eigenvalue weighted by molar-refractivity contribution is -0.162. The third kappa shape index (κ3) is 10.6. The third-order valence-corrected chi connectivity index (χ3v) is 4.56. The summed E-state index contributed by atoms with van der Waals surface area (Å²) in [5, 5.41) is 5.16. The maximum Gasteiger partial charge on any atom is 0.193 e. The molecule has 0 aliphatic carbocycles. The Labute approximate surface area is 175 Å². The van der Waals surface area contributed by atoms with Crippen LogP contribution in [0.15, 0.2) is 59.9 Å². The van der Waals surface area contributed by atoms with Crippen LogP contribution >= 0.6 is 0 Å². The molecule has 3 N–H and O–H groups in total. The molecule has 0 amide bonds. The van der Waals surface area contributed by atoms with Gasteiger partial charge in [0.1, 0.15) is 0 Å². The number of nitrogens with two attached hydrogens (primary N) is 1. The maximum atomic E-state index is 5.90. The fraction of sp³-hybridized carbons (Fsp3) is 0.478. The van der Waals surface area contributed by atoms with E-state index >= 15 is 0 Å². The Morgan fingerprint density at radius 3 is 2.41 bits per heavy atom. The Morgan fingerprint density at radius 1 is 1.00 bits per heavy atom. The first-order chi connectivity index (χ1) is 14.3. The minimum Gasteiger partial charge on any atom is -0.370 e. The number of nitrogens with zero attached hydrogens (tertiary/aromatic N) is 3. The van der Waals surface area contributed by atoms with Gasteiger partial charge in [-0.1, -0.05) is 56.0 Å². The Hall–Kier alpha value is -2.44. The second kappa shape index (κ2) is 14.5. The van der Waals surface area contributed by atoms with Gasteiger partial charge in [-0.05, 0) is 37.5 Å². The highest BCUT2D eigenvalue weighted by atomic mass is 16.7. The first kappa shape index (κ1) is 22.8. The minimum absolute atomic E-state index is 0.464. The summed E-state index contributed by atoms with van der Waals surface area (Å²) in [7, 11) is 0. The summed E-state index contributed by atoms with van der Waals surface area (Å²) in [5.74, 6) is 0.464. The molecule has 29 heavy (non-hydrogen) atoms. The fourth-order valence-electron chi connectivity index (χ4n) is 3.09. The van der Waals surface area contributed by atoms with Crippen molar-refractivity contribution in [3.63, 3.8) is 0 Å². The van der Waals surface area contributed by atoms with Crippen molar-refractivity contribution in [1.29, 1.82) is 0 Å². The number of benzene rings is 1. The van der Waals surface area contributed by atoms with Gasteiger partial charge in [-0.15, -0.1) is 0 Å². The van der Waals surface area contributed by atoms with Gasteiger partial charge in [-0.3, -0.25) is 14.8 Å². The molecule has 158 valence electrons. The van der Waals surface area contributed by atoms with Crippen LogP contribution in [0.3, 0.4) is 0 Å². The molecule has 0 atom stereocenters. The molecular weight excluding hydrogens is 362 g/mol. The van der Waals surface area contributed by atoms with Crippen molar-refractivity contribution in [2.24, 2.45) is 10.7 Å². The Morgan fingerprint density at radius 2 is 1.69 bits per heavy atom. The lowest BCUT2D eigenvalue weighted by atomic mass is 10.1. The van der Waals surface area contributed by atoms with E-state index in [9.17, 15) is 0 Å². The SMILES string of the molecule is CCON(CCCCCCCCN=C(N)Nc1ccncc1)Cc1ccccc1. The number of hydrogen-bond donors (Lipinski definition) is 2. The van der Waals surface area contributed by atoms with E-state index in [1.807, 2.05) is 25.1 Å². The van der Waals surface area contributed by atoms with Gasteiger partial charge in [0, 0.05) is 37.7 Å². The van der Waals surface area contributed by atoms with Crippen molar-refractivity contribution in [1.82, 2.24) is 10.0 Å². The molecule has 0 unspecified atom stereocenters. The molecule has 0 aliphatic heterocycles. The summed E-state index contributed by atoms with van der Waals surface area (Å²) in [4.78, 5) is 14.1. The monoisotopic (exact) mass is 397 g/mol. The van der Waals surface area contributed by atoms with Crippen LogP contribution in [0.1, 0.15) is 51.0 Å². The molecule has 0 radical (unpaired) electrons. The van der Waals surface area contributed by atoms with Gasteiger partial charge in [0.05, 0.1) is 6.61 Å². The summed E-state index contributed by atoms with van der Waals surface area (Å²) in [6.07, 6.45) is 10.6. The normalized spacial score (nSPS) is 11.7. The second-order valence-corrected chi connectivity index (χ2v) is 7.02. The van der Waals surface area contributed by atoms with E-state index in [2.05, 4.69) is 44.6 Å². The van der Waals surface area contributed by atoms with Crippen LogP contribution in [0, 0.1) is 0 Å². The summed E-state index contributed by atoms with van der Waals surface area (Å²) in [5.41, 5.74) is 8.10. The Bertz CT molecular complexity index is 678. The van der Waals surface area contributed by atoms with Gasteiger partial charge in [-0.2, -0.15) is 5.06 Å². The molecule has 0 bridgehead atoms. The summed E-state index contributed by atoms with van der Waals surface area (Å²) in [6.45, 7) is 5.34. The zero-order valence-electron chi connectivity index (χ0n) is 17.6. The molecule has 0 fully saturated rings. The number of anilines is 1. The molecular formula is C23H35N5O. The Kier molecular flexibility index (Phi) is 11.5. The van der Waals surface area contributed by atoms with Gasteiger partial charge in [0.15, 0.2) is 5.96 Å². The van der Waals surface area contributed by atoms with Crippen LogP contribution in [0.25, 0.3) is 0 Å². The number of aliphatic imine (C=N–C) groups is 1. The highest BCUT2D eigenvalue weighted by Gasteiger charge is 2.05. The predicted octanol–water partition coefficient (Wildman–Crippen LogP) is 4.60. The highest BCUT2D eigenvalue weighted by molar-refractivity contribution is 5.92. The summed E-state index contributed by atoms with van der Waals surface area (Å²) >= 11 is 0. The van der Waals surface area contributed by atoms with E-state index in [-0.39, 0.29) is 0 Å². The van der Waals surface area contributed by atoms with Crippen LogP contribution in [-0.4, -0.2) is 35.7 Å². The number of pyridine rings is 1. The van der Waals surface area contributed by atoms with E-state index in [1.165, 1.54) is 31.2 Å². The number of hydrogen-bond acceptors (Lipinski definition) is 4. The fourth-order valence-corrected chi connectivity index (χ4v) is 3.09. The van der Waals surface area contributed by atoms with E-state index in [0.29, 0.717) is 12.6 Å².